The second-order valence-corrected chi connectivity index (χ2v) is 13.4. The lowest BCUT2D eigenvalue weighted by molar-refractivity contribution is -0.135. The summed E-state index contributed by atoms with van der Waals surface area (Å²) in [5.74, 6) is -4.11. The van der Waals surface area contributed by atoms with Crippen molar-refractivity contribution in [2.75, 3.05) is 25.0 Å². The fourth-order valence-electron chi connectivity index (χ4n) is 5.33. The van der Waals surface area contributed by atoms with Crippen LogP contribution in [0.25, 0.3) is 0 Å². The summed E-state index contributed by atoms with van der Waals surface area (Å²) in [5.41, 5.74) is 5.92. The third-order valence-electron chi connectivity index (χ3n) is 7.79. The molecule has 1 fully saturated rings. The van der Waals surface area contributed by atoms with Crippen molar-refractivity contribution in [3.63, 3.8) is 0 Å². The predicted molar refractivity (Wildman–Crippen MR) is 175 cm³/mol. The summed E-state index contributed by atoms with van der Waals surface area (Å²) in [6.07, 6.45) is 2.78. The molecule has 0 aliphatic carbocycles. The highest BCUT2D eigenvalue weighted by atomic mass is 32.2. The number of hydrogen-bond donors (Lipinski definition) is 5. The largest absolute Gasteiger partial charge is 0.480 e. The highest BCUT2D eigenvalue weighted by Crippen LogP contribution is 2.24. The first-order valence-corrected chi connectivity index (χ1v) is 17.1. The highest BCUT2D eigenvalue weighted by Gasteiger charge is 2.26. The molecule has 258 valence electrons. The Morgan fingerprint density at radius 2 is 1.58 bits per heavy atom. The molecule has 1 aliphatic heterocycles. The Labute approximate surface area is 277 Å². The molecule has 1 unspecified atom stereocenters. The molecule has 48 heavy (non-hydrogen) atoms. The Bertz CT molecular complexity index is 1700. The van der Waals surface area contributed by atoms with E-state index in [-0.39, 0.29) is 17.5 Å². The number of sulfonamides is 1. The van der Waals surface area contributed by atoms with Crippen molar-refractivity contribution < 1.29 is 41.4 Å². The maximum absolute atomic E-state index is 14.3. The Morgan fingerprint density at radius 3 is 2.15 bits per heavy atom. The number of anilines is 1. The van der Waals surface area contributed by atoms with Crippen LogP contribution in [-0.2, 0) is 31.9 Å². The van der Waals surface area contributed by atoms with E-state index in [4.69, 9.17) is 15.6 Å². The number of likely N-dealkylation sites (tertiary alicyclic amines) is 1. The van der Waals surface area contributed by atoms with Crippen LogP contribution >= 0.6 is 0 Å². The van der Waals surface area contributed by atoms with Gasteiger partial charge in [0.2, 0.25) is 15.9 Å². The van der Waals surface area contributed by atoms with Crippen molar-refractivity contribution in [1.82, 2.24) is 14.9 Å². The van der Waals surface area contributed by atoms with E-state index >= 15 is 0 Å². The average molecular weight is 688 g/mol. The number of ether oxygens (including phenoxy) is 1. The van der Waals surface area contributed by atoms with E-state index in [2.05, 4.69) is 15.5 Å². The lowest BCUT2D eigenvalue weighted by Gasteiger charge is -2.34. The van der Waals surface area contributed by atoms with Gasteiger partial charge in [-0.3, -0.25) is 19.3 Å². The third-order valence-corrected chi connectivity index (χ3v) is 9.08. The normalized spacial score (nSPS) is 14.7. The monoisotopic (exact) mass is 687 g/mol. The first-order valence-electron chi connectivity index (χ1n) is 15.4. The van der Waals surface area contributed by atoms with Gasteiger partial charge in [0.25, 0.3) is 5.91 Å². The van der Waals surface area contributed by atoms with Crippen LogP contribution < -0.4 is 25.8 Å². The van der Waals surface area contributed by atoms with Gasteiger partial charge in [-0.05, 0) is 73.8 Å². The molecule has 6 N–H and O–H groups in total. The second-order valence-electron chi connectivity index (χ2n) is 11.6. The quantitative estimate of drug-likeness (QED) is 0.150. The van der Waals surface area contributed by atoms with E-state index in [0.29, 0.717) is 36.0 Å². The molecule has 4 rings (SSSR count). The molecule has 0 saturated carbocycles. The minimum atomic E-state index is -3.78. The summed E-state index contributed by atoms with van der Waals surface area (Å²) in [5, 5.41) is 14.5. The maximum atomic E-state index is 14.3. The van der Waals surface area contributed by atoms with Crippen molar-refractivity contribution in [3.05, 3.63) is 89.0 Å². The molecular formula is C33H39F2N5O7S. The van der Waals surface area contributed by atoms with E-state index in [1.807, 2.05) is 35.9 Å². The molecule has 3 aromatic rings. The number of carboxylic acid groups (broad SMARTS) is 1. The summed E-state index contributed by atoms with van der Waals surface area (Å²) in [7, 11) is -3.78. The molecular weight excluding hydrogens is 648 g/mol. The van der Waals surface area contributed by atoms with Crippen molar-refractivity contribution in [2.45, 2.75) is 57.0 Å². The van der Waals surface area contributed by atoms with Gasteiger partial charge in [-0.2, -0.15) is 0 Å². The minimum absolute atomic E-state index is 0.0612. The smallest absolute Gasteiger partial charge is 0.318 e. The fourth-order valence-corrected chi connectivity index (χ4v) is 6.40. The molecule has 1 aliphatic rings. The van der Waals surface area contributed by atoms with Crippen LogP contribution in [0.15, 0.2) is 60.7 Å². The molecule has 0 bridgehead atoms. The number of halogens is 2. The van der Waals surface area contributed by atoms with Gasteiger partial charge in [0.1, 0.15) is 29.7 Å². The van der Waals surface area contributed by atoms with Crippen LogP contribution in [0.3, 0.4) is 0 Å². The van der Waals surface area contributed by atoms with Crippen molar-refractivity contribution in [2.24, 2.45) is 5.73 Å². The molecule has 1 saturated heterocycles. The van der Waals surface area contributed by atoms with Gasteiger partial charge in [-0.1, -0.05) is 37.6 Å². The molecule has 12 nitrogen and oxygen atoms in total. The van der Waals surface area contributed by atoms with E-state index in [1.165, 1.54) is 0 Å². The summed E-state index contributed by atoms with van der Waals surface area (Å²) >= 11 is 0. The number of nitrogens with two attached hydrogens (primary N) is 1. The summed E-state index contributed by atoms with van der Waals surface area (Å²) in [4.78, 5) is 37.4. The van der Waals surface area contributed by atoms with Crippen LogP contribution in [0.4, 0.5) is 14.5 Å². The van der Waals surface area contributed by atoms with E-state index in [9.17, 15) is 31.6 Å². The Balaban J connectivity index is 1.24. The molecule has 1 atom stereocenters. The fraction of sp³-hybridized carbons (Fsp3) is 0.364. The molecule has 0 spiro atoms. The van der Waals surface area contributed by atoms with Crippen molar-refractivity contribution >= 4 is 33.5 Å². The Hall–Kier alpha value is -4.44. The number of hydrogen-bond acceptors (Lipinski definition) is 8. The number of carbonyl (C=O) groups is 3. The lowest BCUT2D eigenvalue weighted by Crippen LogP contribution is -2.50. The highest BCUT2D eigenvalue weighted by molar-refractivity contribution is 7.88. The van der Waals surface area contributed by atoms with Gasteiger partial charge in [-0.25, -0.2) is 21.9 Å². The molecule has 0 aromatic heterocycles. The summed E-state index contributed by atoms with van der Waals surface area (Å²) < 4.78 is 60.1. The van der Waals surface area contributed by atoms with Gasteiger partial charge >= 0.3 is 5.97 Å². The van der Waals surface area contributed by atoms with E-state index in [0.717, 1.165) is 44.1 Å². The second kappa shape index (κ2) is 16.6. The number of carbonyl (C=O) groups excluding carboxylic acids is 2. The average Bonchev–Trinajstić information content (AvgIpc) is 3.03. The zero-order chi connectivity index (χ0) is 34.8. The first kappa shape index (κ1) is 36.4. The van der Waals surface area contributed by atoms with Crippen LogP contribution in [-0.4, -0.2) is 67.9 Å². The maximum Gasteiger partial charge on any atom is 0.318 e. The standard InChI is InChI=1S/C33H39F2N5O7S/c1-2-3-29(33(44)39-30-16-26(32(36)43)27(34)17-28(30)35)38-23-12-14-40(15-13-23)19-21-4-8-24(9-5-21)47-25-10-6-22(7-11-25)20-48(45,46)37-18-31(41)42/h4-11,16-17,23,29,37-38H,2-3,12-15,18-20H2,1H3,(H2,36,43)(H,39,44)(H,41,42). The number of nitrogens with zero attached hydrogens (tertiary/aromatic N) is 1. The van der Waals surface area contributed by atoms with Crippen LogP contribution in [0, 0.1) is 11.6 Å². The number of primary amides is 1. The minimum Gasteiger partial charge on any atom is -0.480 e. The number of amides is 2. The van der Waals surface area contributed by atoms with Crippen LogP contribution in [0.5, 0.6) is 11.5 Å². The van der Waals surface area contributed by atoms with Crippen LogP contribution in [0.2, 0.25) is 0 Å². The summed E-state index contributed by atoms with van der Waals surface area (Å²) in [6.45, 7) is 3.56. The first-order chi connectivity index (χ1) is 22.8. The SMILES string of the molecule is CCCC(NC1CCN(Cc2ccc(Oc3ccc(CS(=O)(=O)NCC(=O)O)cc3)cc2)CC1)C(=O)Nc1cc(C(N)=O)c(F)cc1F. The number of nitrogens with one attached hydrogen (secondary N) is 3. The number of aliphatic carboxylic acids is 1. The third kappa shape index (κ3) is 10.8. The van der Waals surface area contributed by atoms with Gasteiger partial charge in [-0.15, -0.1) is 0 Å². The molecule has 3 aromatic carbocycles. The zero-order valence-corrected chi connectivity index (χ0v) is 27.2. The predicted octanol–water partition coefficient (Wildman–Crippen LogP) is 3.72. The van der Waals surface area contributed by atoms with E-state index in [1.54, 1.807) is 24.3 Å². The molecule has 0 radical (unpaired) electrons. The topological polar surface area (TPSA) is 180 Å². The number of carboxylic acids is 1. The molecule has 15 heteroatoms. The summed E-state index contributed by atoms with van der Waals surface area (Å²) in [6, 6.07) is 15.0. The number of benzene rings is 3. The van der Waals surface area contributed by atoms with Gasteiger partial charge < -0.3 is 26.2 Å². The van der Waals surface area contributed by atoms with Crippen molar-refractivity contribution in [1.29, 1.82) is 0 Å². The van der Waals surface area contributed by atoms with Gasteiger partial charge in [0.05, 0.1) is 23.0 Å². The van der Waals surface area contributed by atoms with Gasteiger partial charge in [0, 0.05) is 18.7 Å². The Morgan fingerprint density at radius 1 is 0.979 bits per heavy atom. The van der Waals surface area contributed by atoms with Crippen molar-refractivity contribution in [3.8, 4) is 11.5 Å². The van der Waals surface area contributed by atoms with E-state index < -0.39 is 57.6 Å². The van der Waals surface area contributed by atoms with Crippen LogP contribution in [0.1, 0.15) is 54.1 Å². The van der Waals surface area contributed by atoms with Gasteiger partial charge in [0.15, 0.2) is 0 Å². The molecule has 1 heterocycles. The Kier molecular flexibility index (Phi) is 12.6. The lowest BCUT2D eigenvalue weighted by atomic mass is 10.0. The number of rotatable bonds is 16. The zero-order valence-electron chi connectivity index (χ0n) is 26.4. The number of piperidine rings is 1. The molecule has 2 amide bonds.